The number of H-pyrrole nitrogens is 1. The van der Waals surface area contributed by atoms with Crippen molar-refractivity contribution < 1.29 is 23.8 Å². The second-order valence-corrected chi connectivity index (χ2v) is 7.83. The second-order valence-electron chi connectivity index (χ2n) is 6.83. The van der Waals surface area contributed by atoms with Crippen LogP contribution in [0.15, 0.2) is 27.6 Å². The third kappa shape index (κ3) is 5.14. The fourth-order valence-corrected chi connectivity index (χ4v) is 4.31. The van der Waals surface area contributed by atoms with Gasteiger partial charge in [-0.1, -0.05) is 0 Å². The Hall–Kier alpha value is -2.53. The molecule has 0 fully saturated rings. The molecule has 0 aliphatic rings. The van der Waals surface area contributed by atoms with Crippen LogP contribution in [-0.2, 0) is 22.6 Å². The molecule has 0 bridgehead atoms. The molecule has 1 atom stereocenters. The van der Waals surface area contributed by atoms with Crippen molar-refractivity contribution in [3.63, 3.8) is 0 Å². The minimum Gasteiger partial charge on any atom is -0.468 e. The zero-order chi connectivity index (χ0) is 21.7. The van der Waals surface area contributed by atoms with E-state index < -0.39 is 12.1 Å². The number of hydrogen-bond acceptors (Lipinski definition) is 9. The molecule has 162 valence electrons. The van der Waals surface area contributed by atoms with Gasteiger partial charge in [0, 0.05) is 13.7 Å². The average molecular weight is 436 g/mol. The molecule has 9 nitrogen and oxygen atoms in total. The minimum atomic E-state index is -0.709. The highest BCUT2D eigenvalue weighted by Gasteiger charge is 2.21. The van der Waals surface area contributed by atoms with Crippen molar-refractivity contribution in [3.8, 4) is 0 Å². The normalized spacial score (nSPS) is 12.6. The topological polar surface area (TPSA) is 118 Å². The molecule has 0 aromatic carbocycles. The lowest BCUT2D eigenvalue weighted by Crippen LogP contribution is -2.35. The predicted octanol–water partition coefficient (Wildman–Crippen LogP) is 2.07. The fraction of sp³-hybridized carbons (Fsp3) is 0.450. The maximum absolute atomic E-state index is 12.7. The summed E-state index contributed by atoms with van der Waals surface area (Å²) in [7, 11) is 1.52. The summed E-state index contributed by atoms with van der Waals surface area (Å²) < 4.78 is 15.5. The first-order valence-corrected chi connectivity index (χ1v) is 10.4. The largest absolute Gasteiger partial charge is 0.468 e. The standard InChI is InChI=1S/C20H25N3O6S/c1-4-28-20(26)17-12(2)16-18(25)21-15(22-19(16)30-17)10-23(8-13(24)11-27-3)9-14-6-5-7-29-14/h5-7,13,24H,4,8-11H2,1-3H3,(H,21,22,25). The third-order valence-electron chi connectivity index (χ3n) is 4.47. The molecule has 3 aromatic rings. The summed E-state index contributed by atoms with van der Waals surface area (Å²) in [5.74, 6) is 0.695. The summed E-state index contributed by atoms with van der Waals surface area (Å²) in [5, 5.41) is 10.6. The number of methoxy groups -OCH3 is 1. The first-order valence-electron chi connectivity index (χ1n) is 9.54. The van der Waals surface area contributed by atoms with Crippen LogP contribution in [0, 0.1) is 6.92 Å². The first-order chi connectivity index (χ1) is 14.4. The molecular weight excluding hydrogens is 410 g/mol. The zero-order valence-electron chi connectivity index (χ0n) is 17.1. The molecule has 3 rings (SSSR count). The Labute approximate surface area is 177 Å². The highest BCUT2D eigenvalue weighted by molar-refractivity contribution is 7.20. The van der Waals surface area contributed by atoms with Crippen molar-refractivity contribution in [3.05, 3.63) is 50.8 Å². The summed E-state index contributed by atoms with van der Waals surface area (Å²) in [6.45, 7) is 4.89. The number of nitrogens with zero attached hydrogens (tertiary/aromatic N) is 2. The van der Waals surface area contributed by atoms with Gasteiger partial charge in [-0.25, -0.2) is 9.78 Å². The number of aryl methyl sites for hydroxylation is 1. The molecule has 0 saturated heterocycles. The molecule has 0 radical (unpaired) electrons. The third-order valence-corrected chi connectivity index (χ3v) is 5.64. The van der Waals surface area contributed by atoms with Crippen molar-refractivity contribution in [1.29, 1.82) is 0 Å². The number of carbonyl (C=O) groups excluding carboxylic acids is 1. The van der Waals surface area contributed by atoms with Gasteiger partial charge in [0.2, 0.25) is 0 Å². The van der Waals surface area contributed by atoms with Crippen LogP contribution in [0.4, 0.5) is 0 Å². The number of carbonyl (C=O) groups is 1. The zero-order valence-corrected chi connectivity index (χ0v) is 18.0. The van der Waals surface area contributed by atoms with Crippen molar-refractivity contribution in [1.82, 2.24) is 14.9 Å². The van der Waals surface area contributed by atoms with Crippen LogP contribution in [-0.4, -0.2) is 58.9 Å². The molecule has 0 saturated carbocycles. The van der Waals surface area contributed by atoms with Gasteiger partial charge in [0.25, 0.3) is 5.56 Å². The number of aromatic nitrogens is 2. The number of aromatic amines is 1. The molecule has 3 aromatic heterocycles. The van der Waals surface area contributed by atoms with Gasteiger partial charge >= 0.3 is 5.97 Å². The van der Waals surface area contributed by atoms with Crippen LogP contribution in [0.25, 0.3) is 10.2 Å². The van der Waals surface area contributed by atoms with Crippen LogP contribution < -0.4 is 5.56 Å². The van der Waals surface area contributed by atoms with Gasteiger partial charge in [-0.3, -0.25) is 9.69 Å². The number of hydrogen-bond donors (Lipinski definition) is 2. The summed E-state index contributed by atoms with van der Waals surface area (Å²) in [4.78, 5) is 35.0. The van der Waals surface area contributed by atoms with Gasteiger partial charge < -0.3 is 24.0 Å². The van der Waals surface area contributed by atoms with E-state index in [1.54, 1.807) is 26.2 Å². The minimum absolute atomic E-state index is 0.185. The number of aliphatic hydroxyl groups is 1. The summed E-state index contributed by atoms with van der Waals surface area (Å²) in [6.07, 6.45) is 0.871. The number of thiophene rings is 1. The van der Waals surface area contributed by atoms with E-state index in [1.807, 2.05) is 11.0 Å². The van der Waals surface area contributed by atoms with Crippen LogP contribution >= 0.6 is 11.3 Å². The molecule has 0 amide bonds. The van der Waals surface area contributed by atoms with Gasteiger partial charge in [0.15, 0.2) is 0 Å². The Bertz CT molecular complexity index is 1040. The molecular formula is C20H25N3O6S. The number of fused-ring (bicyclic) bond motifs is 1. The summed E-state index contributed by atoms with van der Waals surface area (Å²) in [6, 6.07) is 3.62. The summed E-state index contributed by atoms with van der Waals surface area (Å²) >= 11 is 1.14. The SMILES string of the molecule is CCOC(=O)c1sc2nc(CN(Cc3ccco3)CC(O)COC)[nH]c(=O)c2c1C. The van der Waals surface area contributed by atoms with E-state index in [2.05, 4.69) is 9.97 Å². The molecule has 1 unspecified atom stereocenters. The number of esters is 1. The van der Waals surface area contributed by atoms with Crippen molar-refractivity contribution in [2.24, 2.45) is 0 Å². The molecule has 30 heavy (non-hydrogen) atoms. The van der Waals surface area contributed by atoms with E-state index in [4.69, 9.17) is 13.9 Å². The van der Waals surface area contributed by atoms with E-state index in [-0.39, 0.29) is 25.3 Å². The van der Waals surface area contributed by atoms with Crippen LogP contribution in [0.2, 0.25) is 0 Å². The molecule has 3 heterocycles. The smallest absolute Gasteiger partial charge is 0.348 e. The maximum atomic E-state index is 12.7. The van der Waals surface area contributed by atoms with E-state index in [0.717, 1.165) is 17.1 Å². The Morgan fingerprint density at radius 1 is 1.43 bits per heavy atom. The Morgan fingerprint density at radius 2 is 2.23 bits per heavy atom. The first kappa shape index (κ1) is 22.2. The highest BCUT2D eigenvalue weighted by atomic mass is 32.1. The highest BCUT2D eigenvalue weighted by Crippen LogP contribution is 2.27. The number of nitrogens with one attached hydrogen (secondary N) is 1. The van der Waals surface area contributed by atoms with E-state index >= 15 is 0 Å². The van der Waals surface area contributed by atoms with Crippen LogP contribution in [0.3, 0.4) is 0 Å². The van der Waals surface area contributed by atoms with Crippen LogP contribution in [0.1, 0.15) is 33.7 Å². The van der Waals surface area contributed by atoms with Gasteiger partial charge in [-0.2, -0.15) is 0 Å². The van der Waals surface area contributed by atoms with E-state index in [9.17, 15) is 14.7 Å². The monoisotopic (exact) mass is 435 g/mol. The van der Waals surface area contributed by atoms with Crippen molar-refractivity contribution in [2.45, 2.75) is 33.0 Å². The van der Waals surface area contributed by atoms with Gasteiger partial charge in [-0.15, -0.1) is 11.3 Å². The maximum Gasteiger partial charge on any atom is 0.348 e. The molecule has 10 heteroatoms. The molecule has 0 aliphatic heterocycles. The molecule has 0 aliphatic carbocycles. The quantitative estimate of drug-likeness (QED) is 0.465. The molecule has 2 N–H and O–H groups in total. The van der Waals surface area contributed by atoms with Gasteiger partial charge in [0.1, 0.15) is 21.3 Å². The Balaban J connectivity index is 1.89. The predicted molar refractivity (Wildman–Crippen MR) is 112 cm³/mol. The second kappa shape index (κ2) is 9.98. The number of furan rings is 1. The van der Waals surface area contributed by atoms with Crippen molar-refractivity contribution >= 4 is 27.5 Å². The van der Waals surface area contributed by atoms with Gasteiger partial charge in [-0.05, 0) is 31.5 Å². The van der Waals surface area contributed by atoms with Crippen molar-refractivity contribution in [2.75, 3.05) is 26.9 Å². The van der Waals surface area contributed by atoms with Gasteiger partial charge in [0.05, 0.1) is 44.1 Å². The van der Waals surface area contributed by atoms with E-state index in [1.165, 1.54) is 7.11 Å². The lowest BCUT2D eigenvalue weighted by Gasteiger charge is -2.23. The number of aliphatic hydroxyl groups excluding tert-OH is 1. The lowest BCUT2D eigenvalue weighted by molar-refractivity contribution is 0.0317. The van der Waals surface area contributed by atoms with Crippen LogP contribution in [0.5, 0.6) is 0 Å². The Kier molecular flexibility index (Phi) is 7.38. The Morgan fingerprint density at radius 3 is 2.90 bits per heavy atom. The number of ether oxygens (including phenoxy) is 2. The lowest BCUT2D eigenvalue weighted by atomic mass is 10.2. The average Bonchev–Trinajstić information content (AvgIpc) is 3.30. The summed E-state index contributed by atoms with van der Waals surface area (Å²) in [5.41, 5.74) is 0.256. The number of rotatable bonds is 10. The fourth-order valence-electron chi connectivity index (χ4n) is 3.22. The van der Waals surface area contributed by atoms with E-state index in [0.29, 0.717) is 39.6 Å². The molecule has 0 spiro atoms.